The average Bonchev–Trinajstić information content (AvgIpc) is 2.81. The van der Waals surface area contributed by atoms with Gasteiger partial charge < -0.3 is 3.07 Å². The van der Waals surface area contributed by atoms with Crippen LogP contribution in [0.2, 0.25) is 0 Å². The number of hydrogen-bond acceptors (Lipinski definition) is 1. The van der Waals surface area contributed by atoms with E-state index in [0.29, 0.717) is 0 Å². The summed E-state index contributed by atoms with van der Waals surface area (Å²) >= 11 is 1.96. The minimum absolute atomic E-state index is 0.504. The zero-order valence-electron chi connectivity index (χ0n) is 14.1. The van der Waals surface area contributed by atoms with E-state index in [-0.39, 0.29) is 0 Å². The van der Waals surface area contributed by atoms with Crippen molar-refractivity contribution in [3.8, 4) is 22.3 Å². The summed E-state index contributed by atoms with van der Waals surface area (Å²) in [6.45, 7) is 3.96. The summed E-state index contributed by atoms with van der Waals surface area (Å²) in [5.41, 5.74) is 8.51. The molecule has 1 aliphatic carbocycles. The second-order valence-corrected chi connectivity index (χ2v) is 7.08. The van der Waals surface area contributed by atoms with Crippen LogP contribution >= 0.6 is 23.0 Å². The fourth-order valence-electron chi connectivity index (χ4n) is 3.58. The number of halogens is 1. The molecule has 1 atom stereocenters. The van der Waals surface area contributed by atoms with E-state index in [1.54, 1.807) is 0 Å². The normalized spacial score (nSPS) is 14.4. The maximum absolute atomic E-state index is 5.70. The van der Waals surface area contributed by atoms with Crippen molar-refractivity contribution in [1.29, 1.82) is 0 Å². The number of rotatable bonds is 3. The predicted molar refractivity (Wildman–Crippen MR) is 116 cm³/mol. The summed E-state index contributed by atoms with van der Waals surface area (Å²) in [5, 5.41) is 0. The third-order valence-corrected chi connectivity index (χ3v) is 6.05. The Labute approximate surface area is 163 Å². The van der Waals surface area contributed by atoms with Gasteiger partial charge in [-0.3, -0.25) is 0 Å². The van der Waals surface area contributed by atoms with Gasteiger partial charge in [-0.2, -0.15) is 0 Å². The van der Waals surface area contributed by atoms with Gasteiger partial charge in [-0.15, -0.1) is 6.58 Å². The van der Waals surface area contributed by atoms with E-state index in [1.165, 1.54) is 33.4 Å². The molecule has 0 saturated heterocycles. The Balaban J connectivity index is 2.04. The first-order valence-corrected chi connectivity index (χ1v) is 9.29. The van der Waals surface area contributed by atoms with E-state index in [2.05, 4.69) is 73.3 Å². The Morgan fingerprint density at radius 3 is 2.08 bits per heavy atom. The first-order valence-electron chi connectivity index (χ1n) is 8.41. The summed E-state index contributed by atoms with van der Waals surface area (Å²) in [6.07, 6.45) is 2.82. The van der Waals surface area contributed by atoms with E-state index in [9.17, 15) is 0 Å². The van der Waals surface area contributed by atoms with Crippen LogP contribution in [0.15, 0.2) is 79.4 Å². The van der Waals surface area contributed by atoms with Gasteiger partial charge in [-0.05, 0) is 51.4 Å². The third kappa shape index (κ3) is 2.76. The van der Waals surface area contributed by atoms with Gasteiger partial charge in [0.25, 0.3) is 0 Å². The highest BCUT2D eigenvalue weighted by atomic mass is 127. The molecule has 0 heterocycles. The standard InChI is InChI=1S/C22H18BIO/c1-2-22(23,25-24)17-11-12-20-18-9-5-3-7-15(18)13-16-8-4-6-10-19(16)21(20)14-17/h2-12,14H,1,13,23H2. The van der Waals surface area contributed by atoms with Gasteiger partial charge in [0.15, 0.2) is 7.85 Å². The maximum Gasteiger partial charge on any atom is 0.155 e. The highest BCUT2D eigenvalue weighted by Crippen LogP contribution is 2.42. The smallest absolute Gasteiger partial charge is 0.155 e. The molecule has 3 aromatic carbocycles. The van der Waals surface area contributed by atoms with Gasteiger partial charge in [-0.1, -0.05) is 66.7 Å². The first kappa shape index (κ1) is 16.6. The monoisotopic (exact) mass is 436 g/mol. The van der Waals surface area contributed by atoms with Gasteiger partial charge in [-0.25, -0.2) is 0 Å². The summed E-state index contributed by atoms with van der Waals surface area (Å²) in [6, 6.07) is 24.0. The molecule has 3 heteroatoms. The summed E-state index contributed by atoms with van der Waals surface area (Å²) in [5.74, 6) is 0. The first-order chi connectivity index (χ1) is 12.2. The third-order valence-electron chi connectivity index (χ3n) is 5.14. The Hall–Kier alpha value is -1.85. The molecular formula is C22H18BIO. The summed E-state index contributed by atoms with van der Waals surface area (Å²) in [4.78, 5) is 0. The SMILES string of the molecule is BC(C=C)(OI)c1ccc2c(c1)-c1ccccc1Cc1ccccc1-2. The topological polar surface area (TPSA) is 9.23 Å². The van der Waals surface area contributed by atoms with E-state index in [4.69, 9.17) is 3.07 Å². The number of hydrogen-bond donors (Lipinski definition) is 0. The second-order valence-electron chi connectivity index (χ2n) is 6.64. The van der Waals surface area contributed by atoms with E-state index in [0.717, 1.165) is 12.0 Å². The van der Waals surface area contributed by atoms with Crippen molar-refractivity contribution in [1.82, 2.24) is 0 Å². The highest BCUT2D eigenvalue weighted by Gasteiger charge is 2.26. The molecule has 1 unspecified atom stereocenters. The lowest BCUT2D eigenvalue weighted by Crippen LogP contribution is -2.23. The second kappa shape index (κ2) is 6.47. The Bertz CT molecular complexity index is 966. The summed E-state index contributed by atoms with van der Waals surface area (Å²) < 4.78 is 5.70. The highest BCUT2D eigenvalue weighted by molar-refractivity contribution is 14.1. The largest absolute Gasteiger partial charge is 0.310 e. The fraction of sp³-hybridized carbons (Fsp3) is 0.0909. The lowest BCUT2D eigenvalue weighted by atomic mass is 9.74. The van der Waals surface area contributed by atoms with Crippen LogP contribution in [0.1, 0.15) is 16.7 Å². The Morgan fingerprint density at radius 1 is 0.880 bits per heavy atom. The van der Waals surface area contributed by atoms with Crippen LogP contribution in [0.25, 0.3) is 22.3 Å². The van der Waals surface area contributed by atoms with Crippen molar-refractivity contribution in [2.75, 3.05) is 0 Å². The molecule has 1 aliphatic rings. The van der Waals surface area contributed by atoms with Crippen molar-refractivity contribution in [2.45, 2.75) is 11.9 Å². The van der Waals surface area contributed by atoms with Crippen LogP contribution in [0, 0.1) is 0 Å². The zero-order valence-corrected chi connectivity index (χ0v) is 16.3. The van der Waals surface area contributed by atoms with E-state index in [1.807, 2.05) is 36.9 Å². The van der Waals surface area contributed by atoms with Crippen molar-refractivity contribution in [2.24, 2.45) is 0 Å². The van der Waals surface area contributed by atoms with Crippen LogP contribution in [0.4, 0.5) is 0 Å². The van der Waals surface area contributed by atoms with Crippen molar-refractivity contribution >= 4 is 30.9 Å². The van der Waals surface area contributed by atoms with Crippen LogP contribution in [-0.4, -0.2) is 7.85 Å². The summed E-state index contributed by atoms with van der Waals surface area (Å²) in [7, 11) is 2.05. The Kier molecular flexibility index (Phi) is 4.30. The molecule has 0 fully saturated rings. The zero-order chi connectivity index (χ0) is 17.4. The molecular weight excluding hydrogens is 418 g/mol. The van der Waals surface area contributed by atoms with E-state index < -0.39 is 5.50 Å². The predicted octanol–water partition coefficient (Wildman–Crippen LogP) is 5.26. The molecule has 0 bridgehead atoms. The molecule has 3 aromatic rings. The molecule has 0 aromatic heterocycles. The molecule has 0 radical (unpaired) electrons. The Morgan fingerprint density at radius 2 is 1.48 bits per heavy atom. The lowest BCUT2D eigenvalue weighted by Gasteiger charge is -2.25. The van der Waals surface area contributed by atoms with Crippen molar-refractivity contribution in [3.05, 3.63) is 96.1 Å². The molecule has 0 aliphatic heterocycles. The fourth-order valence-corrected chi connectivity index (χ4v) is 4.02. The number of benzene rings is 3. The molecule has 122 valence electrons. The average molecular weight is 436 g/mol. The molecule has 0 saturated carbocycles. The van der Waals surface area contributed by atoms with Crippen LogP contribution in [0.3, 0.4) is 0 Å². The van der Waals surface area contributed by atoms with Crippen molar-refractivity contribution < 1.29 is 3.07 Å². The van der Waals surface area contributed by atoms with Crippen molar-refractivity contribution in [3.63, 3.8) is 0 Å². The van der Waals surface area contributed by atoms with Gasteiger partial charge >= 0.3 is 0 Å². The quantitative estimate of drug-likeness (QED) is 0.242. The van der Waals surface area contributed by atoms with Crippen LogP contribution < -0.4 is 0 Å². The molecule has 4 rings (SSSR count). The van der Waals surface area contributed by atoms with Gasteiger partial charge in [0.05, 0.1) is 5.50 Å². The number of fused-ring (bicyclic) bond motifs is 5. The van der Waals surface area contributed by atoms with Gasteiger partial charge in [0.1, 0.15) is 23.0 Å². The van der Waals surface area contributed by atoms with Crippen LogP contribution in [0.5, 0.6) is 0 Å². The lowest BCUT2D eigenvalue weighted by molar-refractivity contribution is 0.299. The minimum Gasteiger partial charge on any atom is -0.310 e. The van der Waals surface area contributed by atoms with Gasteiger partial charge in [0.2, 0.25) is 0 Å². The molecule has 0 N–H and O–H groups in total. The molecule has 25 heavy (non-hydrogen) atoms. The molecule has 0 amide bonds. The van der Waals surface area contributed by atoms with E-state index >= 15 is 0 Å². The minimum atomic E-state index is -0.504. The van der Waals surface area contributed by atoms with Gasteiger partial charge in [0, 0.05) is 0 Å². The van der Waals surface area contributed by atoms with Crippen LogP contribution in [-0.2, 0) is 15.0 Å². The molecule has 0 spiro atoms. The maximum atomic E-state index is 5.70. The molecule has 1 nitrogen and oxygen atoms in total.